The summed E-state index contributed by atoms with van der Waals surface area (Å²) in [4.78, 5) is 11.7. The average molecular weight is 252 g/mol. The van der Waals surface area contributed by atoms with Crippen LogP contribution in [-0.2, 0) is 16.1 Å². The molecule has 0 radical (unpaired) electrons. The molecule has 0 aliphatic carbocycles. The number of benzene rings is 1. The van der Waals surface area contributed by atoms with E-state index in [1.165, 1.54) is 6.07 Å². The summed E-state index contributed by atoms with van der Waals surface area (Å²) in [5.41, 5.74) is 6.26. The third-order valence-electron chi connectivity index (χ3n) is 2.72. The highest BCUT2D eigenvalue weighted by molar-refractivity contribution is 5.77. The third kappa shape index (κ3) is 4.25. The zero-order chi connectivity index (χ0) is 13.8. The molecule has 0 spiro atoms. The van der Waals surface area contributed by atoms with Crippen LogP contribution < -0.4 is 11.1 Å². The first-order chi connectivity index (χ1) is 8.34. The van der Waals surface area contributed by atoms with E-state index >= 15 is 0 Å². The van der Waals surface area contributed by atoms with Crippen molar-refractivity contribution in [3.8, 4) is 5.75 Å². The molecule has 100 valence electrons. The number of hydrogen-bond acceptors (Lipinski definition) is 4. The van der Waals surface area contributed by atoms with E-state index in [0.29, 0.717) is 11.3 Å². The Balaban J connectivity index is 2.55. The lowest BCUT2D eigenvalue weighted by atomic mass is 10.0. The number of hydrogen-bond donors (Lipinski definition) is 3. The van der Waals surface area contributed by atoms with Gasteiger partial charge in [0.2, 0.25) is 5.91 Å². The minimum absolute atomic E-state index is 0.121. The van der Waals surface area contributed by atoms with Gasteiger partial charge >= 0.3 is 0 Å². The average Bonchev–Trinajstić information content (AvgIpc) is 2.30. The van der Waals surface area contributed by atoms with Crippen LogP contribution in [0.15, 0.2) is 18.2 Å². The highest BCUT2D eigenvalue weighted by Gasteiger charge is 2.20. The predicted molar refractivity (Wildman–Crippen MR) is 70.1 cm³/mol. The van der Waals surface area contributed by atoms with Crippen LogP contribution in [-0.4, -0.2) is 23.7 Å². The molecule has 5 heteroatoms. The molecule has 1 amide bonds. The monoisotopic (exact) mass is 252 g/mol. The number of nitrogen functional groups attached to an aromatic ring is 1. The summed E-state index contributed by atoms with van der Waals surface area (Å²) in [6, 6.07) is 4.75. The number of phenols is 1. The summed E-state index contributed by atoms with van der Waals surface area (Å²) in [6.07, 6.45) is 0.257. The van der Waals surface area contributed by atoms with Crippen molar-refractivity contribution in [2.24, 2.45) is 0 Å². The SMILES string of the molecule is COC(C)(C)CC(=O)NCc1cc(N)ccc1O. The second-order valence-corrected chi connectivity index (χ2v) is 4.81. The van der Waals surface area contributed by atoms with Crippen LogP contribution in [0.1, 0.15) is 25.8 Å². The number of nitrogens with one attached hydrogen (secondary N) is 1. The standard InChI is InChI=1S/C13H20N2O3/c1-13(2,18-3)7-12(17)15-8-9-6-10(14)4-5-11(9)16/h4-6,16H,7-8,14H2,1-3H3,(H,15,17). The summed E-state index contributed by atoms with van der Waals surface area (Å²) >= 11 is 0. The molecule has 0 saturated carbocycles. The summed E-state index contributed by atoms with van der Waals surface area (Å²) in [7, 11) is 1.57. The van der Waals surface area contributed by atoms with Gasteiger partial charge in [-0.15, -0.1) is 0 Å². The number of phenolic OH excluding ortho intramolecular Hbond substituents is 1. The second-order valence-electron chi connectivity index (χ2n) is 4.81. The quantitative estimate of drug-likeness (QED) is 0.546. The molecule has 1 aromatic rings. The summed E-state index contributed by atoms with van der Waals surface area (Å²) in [5.74, 6) is -0.0147. The van der Waals surface area contributed by atoms with E-state index in [-0.39, 0.29) is 24.6 Å². The number of amides is 1. The minimum atomic E-state index is -0.498. The Morgan fingerprint density at radius 2 is 2.17 bits per heavy atom. The van der Waals surface area contributed by atoms with Gasteiger partial charge in [-0.2, -0.15) is 0 Å². The topological polar surface area (TPSA) is 84.6 Å². The van der Waals surface area contributed by atoms with Crippen molar-refractivity contribution in [3.05, 3.63) is 23.8 Å². The van der Waals surface area contributed by atoms with E-state index in [2.05, 4.69) is 5.32 Å². The highest BCUT2D eigenvalue weighted by Crippen LogP contribution is 2.19. The second kappa shape index (κ2) is 5.73. The zero-order valence-corrected chi connectivity index (χ0v) is 11.0. The van der Waals surface area contributed by atoms with Gasteiger partial charge in [0.25, 0.3) is 0 Å². The Bertz CT molecular complexity index is 430. The predicted octanol–water partition coefficient (Wildman–Crippen LogP) is 1.41. The molecule has 0 saturated heterocycles. The Morgan fingerprint density at radius 3 is 2.78 bits per heavy atom. The first kappa shape index (κ1) is 14.3. The Morgan fingerprint density at radius 1 is 1.50 bits per heavy atom. The molecule has 0 aliphatic rings. The molecule has 0 heterocycles. The van der Waals surface area contributed by atoms with Crippen LogP contribution in [0.3, 0.4) is 0 Å². The molecule has 18 heavy (non-hydrogen) atoms. The van der Waals surface area contributed by atoms with Gasteiger partial charge in [-0.25, -0.2) is 0 Å². The molecule has 0 aliphatic heterocycles. The molecule has 5 nitrogen and oxygen atoms in total. The fraction of sp³-hybridized carbons (Fsp3) is 0.462. The fourth-order valence-electron chi connectivity index (χ4n) is 1.46. The number of methoxy groups -OCH3 is 1. The van der Waals surface area contributed by atoms with Crippen molar-refractivity contribution in [2.45, 2.75) is 32.4 Å². The maximum atomic E-state index is 11.7. The van der Waals surface area contributed by atoms with Gasteiger partial charge in [-0.1, -0.05) is 0 Å². The number of anilines is 1. The van der Waals surface area contributed by atoms with Crippen molar-refractivity contribution >= 4 is 11.6 Å². The van der Waals surface area contributed by atoms with Gasteiger partial charge in [0, 0.05) is 24.9 Å². The molecular weight excluding hydrogens is 232 g/mol. The van der Waals surface area contributed by atoms with E-state index in [0.717, 1.165) is 0 Å². The lowest BCUT2D eigenvalue weighted by Crippen LogP contribution is -2.33. The Kier molecular flexibility index (Phi) is 4.55. The molecule has 0 atom stereocenters. The van der Waals surface area contributed by atoms with E-state index in [1.807, 2.05) is 13.8 Å². The molecule has 1 aromatic carbocycles. The normalized spacial score (nSPS) is 11.3. The van der Waals surface area contributed by atoms with Crippen molar-refractivity contribution in [1.29, 1.82) is 0 Å². The number of carbonyl (C=O) groups excluding carboxylic acids is 1. The maximum Gasteiger partial charge on any atom is 0.223 e. The number of carbonyl (C=O) groups is 1. The Labute approximate surface area is 107 Å². The van der Waals surface area contributed by atoms with E-state index in [1.54, 1.807) is 19.2 Å². The lowest BCUT2D eigenvalue weighted by molar-refractivity contribution is -0.126. The summed E-state index contributed by atoms with van der Waals surface area (Å²) in [6.45, 7) is 3.92. The van der Waals surface area contributed by atoms with Gasteiger partial charge < -0.3 is 20.9 Å². The molecule has 1 rings (SSSR count). The van der Waals surface area contributed by atoms with Crippen LogP contribution in [0.2, 0.25) is 0 Å². The van der Waals surface area contributed by atoms with E-state index in [4.69, 9.17) is 10.5 Å². The van der Waals surface area contributed by atoms with Crippen LogP contribution in [0.4, 0.5) is 5.69 Å². The van der Waals surface area contributed by atoms with E-state index < -0.39 is 5.60 Å². The molecule has 0 fully saturated rings. The largest absolute Gasteiger partial charge is 0.508 e. The zero-order valence-electron chi connectivity index (χ0n) is 11.0. The van der Waals surface area contributed by atoms with Crippen LogP contribution >= 0.6 is 0 Å². The molecule has 4 N–H and O–H groups in total. The fourth-order valence-corrected chi connectivity index (χ4v) is 1.46. The van der Waals surface area contributed by atoms with Gasteiger partial charge in [-0.3, -0.25) is 4.79 Å². The van der Waals surface area contributed by atoms with Crippen molar-refractivity contribution in [2.75, 3.05) is 12.8 Å². The van der Waals surface area contributed by atoms with Gasteiger partial charge in [-0.05, 0) is 32.0 Å². The van der Waals surface area contributed by atoms with Gasteiger partial charge in [0.15, 0.2) is 0 Å². The minimum Gasteiger partial charge on any atom is -0.508 e. The van der Waals surface area contributed by atoms with Crippen LogP contribution in [0.5, 0.6) is 5.75 Å². The number of nitrogens with two attached hydrogens (primary N) is 1. The molecule has 0 bridgehead atoms. The maximum absolute atomic E-state index is 11.7. The van der Waals surface area contributed by atoms with Crippen LogP contribution in [0, 0.1) is 0 Å². The van der Waals surface area contributed by atoms with E-state index in [9.17, 15) is 9.90 Å². The summed E-state index contributed by atoms with van der Waals surface area (Å²) < 4.78 is 5.17. The Hall–Kier alpha value is -1.75. The molecule has 0 unspecified atom stereocenters. The smallest absolute Gasteiger partial charge is 0.223 e. The number of ether oxygens (including phenoxy) is 1. The first-order valence-electron chi connectivity index (χ1n) is 5.73. The molecule has 0 aromatic heterocycles. The van der Waals surface area contributed by atoms with Gasteiger partial charge in [0.1, 0.15) is 5.75 Å². The van der Waals surface area contributed by atoms with Crippen molar-refractivity contribution < 1.29 is 14.6 Å². The van der Waals surface area contributed by atoms with Gasteiger partial charge in [0.05, 0.1) is 12.0 Å². The first-order valence-corrected chi connectivity index (χ1v) is 5.73. The van der Waals surface area contributed by atoms with Crippen molar-refractivity contribution in [3.63, 3.8) is 0 Å². The summed E-state index contributed by atoms with van der Waals surface area (Å²) in [5, 5.41) is 12.3. The molecular formula is C13H20N2O3. The highest BCUT2D eigenvalue weighted by atomic mass is 16.5. The third-order valence-corrected chi connectivity index (χ3v) is 2.72. The van der Waals surface area contributed by atoms with Crippen molar-refractivity contribution in [1.82, 2.24) is 5.32 Å². The number of rotatable bonds is 5. The lowest BCUT2D eigenvalue weighted by Gasteiger charge is -2.22. The number of aromatic hydroxyl groups is 1. The van der Waals surface area contributed by atoms with Crippen LogP contribution in [0.25, 0.3) is 0 Å².